The van der Waals surface area contributed by atoms with Gasteiger partial charge in [0, 0.05) is 0 Å². The van der Waals surface area contributed by atoms with Crippen LogP contribution in [0.3, 0.4) is 0 Å². The molecule has 0 fully saturated rings. The summed E-state index contributed by atoms with van der Waals surface area (Å²) in [6.45, 7) is 3.38. The zero-order valence-corrected chi connectivity index (χ0v) is 21.4. The minimum absolute atomic E-state index is 0.192. The average molecular weight is 555 g/mol. The Morgan fingerprint density at radius 3 is 1.32 bits per heavy atom. The summed E-state index contributed by atoms with van der Waals surface area (Å²) < 4.78 is 32.7. The number of ketones is 2. The fourth-order valence-electron chi connectivity index (χ4n) is 4.47. The summed E-state index contributed by atoms with van der Waals surface area (Å²) >= 11 is 12.7. The van der Waals surface area contributed by atoms with E-state index in [1.165, 1.54) is 0 Å². The second-order valence-corrected chi connectivity index (χ2v) is 9.57. The van der Waals surface area contributed by atoms with E-state index in [0.717, 1.165) is 12.1 Å². The van der Waals surface area contributed by atoms with Crippen LogP contribution in [0.2, 0.25) is 10.0 Å². The molecule has 0 radical (unpaired) electrons. The molecule has 5 rings (SSSR count). The van der Waals surface area contributed by atoms with Crippen LogP contribution in [0.5, 0.6) is 11.5 Å². The Morgan fingerprint density at radius 2 is 0.974 bits per heavy atom. The summed E-state index contributed by atoms with van der Waals surface area (Å²) in [5.41, 5.74) is -2.41. The Labute approximate surface area is 225 Å². The number of rotatable bonds is 4. The predicted molar refractivity (Wildman–Crippen MR) is 142 cm³/mol. The molecule has 0 spiro atoms. The van der Waals surface area contributed by atoms with Gasteiger partial charge in [0.1, 0.15) is 22.9 Å². The summed E-state index contributed by atoms with van der Waals surface area (Å²) in [6, 6.07) is 11.8. The highest BCUT2D eigenvalue weighted by Gasteiger charge is 2.41. The van der Waals surface area contributed by atoms with Gasteiger partial charge in [-0.1, -0.05) is 47.5 Å². The maximum absolute atomic E-state index is 16.3. The summed E-state index contributed by atoms with van der Waals surface area (Å²) in [4.78, 5) is 26.8. The number of fused-ring (bicyclic) bond motifs is 2. The lowest BCUT2D eigenvalue weighted by molar-refractivity contribution is 0.0967. The molecule has 0 amide bonds. The first-order valence-electron chi connectivity index (χ1n) is 11.3. The highest BCUT2D eigenvalue weighted by molar-refractivity contribution is 6.34. The minimum atomic E-state index is -1.26. The summed E-state index contributed by atoms with van der Waals surface area (Å²) in [5, 5.41) is 26.5. The van der Waals surface area contributed by atoms with E-state index in [9.17, 15) is 19.8 Å². The van der Waals surface area contributed by atoms with Gasteiger partial charge >= 0.3 is 0 Å². The van der Waals surface area contributed by atoms with Crippen molar-refractivity contribution >= 4 is 57.5 Å². The fraction of sp³-hybridized carbons (Fsp3) is 0.0714. The molecule has 1 aliphatic rings. The van der Waals surface area contributed by atoms with Crippen LogP contribution in [0.4, 0.5) is 31.5 Å². The monoisotopic (exact) mass is 554 g/mol. The predicted octanol–water partition coefficient (Wildman–Crippen LogP) is 7.56. The number of para-hydroxylation sites is 2. The third-order valence-electron chi connectivity index (χ3n) is 6.39. The lowest BCUT2D eigenvalue weighted by Crippen LogP contribution is -2.26. The van der Waals surface area contributed by atoms with Crippen molar-refractivity contribution in [2.45, 2.75) is 13.8 Å². The van der Waals surface area contributed by atoms with Crippen molar-refractivity contribution in [3.05, 3.63) is 104 Å². The van der Waals surface area contributed by atoms with Crippen LogP contribution in [0, 0.1) is 25.5 Å². The maximum atomic E-state index is 16.3. The second kappa shape index (κ2) is 9.31. The zero-order chi connectivity index (χ0) is 27.5. The van der Waals surface area contributed by atoms with Crippen molar-refractivity contribution in [2.24, 2.45) is 0 Å². The number of hydrogen-bond donors (Lipinski definition) is 4. The smallest absolute Gasteiger partial charge is 0.201 e. The quantitative estimate of drug-likeness (QED) is 0.171. The molecule has 0 bridgehead atoms. The molecule has 10 heteroatoms. The Kier molecular flexibility index (Phi) is 6.25. The molecular weight excluding hydrogens is 537 g/mol. The van der Waals surface area contributed by atoms with Crippen LogP contribution in [0.25, 0.3) is 0 Å². The average Bonchev–Trinajstić information content (AvgIpc) is 2.86. The first-order chi connectivity index (χ1) is 18.0. The van der Waals surface area contributed by atoms with Crippen LogP contribution >= 0.6 is 23.2 Å². The number of hydrogen-bond acceptors (Lipinski definition) is 6. The fourth-order valence-corrected chi connectivity index (χ4v) is 5.01. The molecule has 0 aliphatic heterocycles. The van der Waals surface area contributed by atoms with Gasteiger partial charge in [0.25, 0.3) is 0 Å². The molecule has 0 saturated carbocycles. The van der Waals surface area contributed by atoms with E-state index in [4.69, 9.17) is 23.2 Å². The van der Waals surface area contributed by atoms with Gasteiger partial charge in [-0.25, -0.2) is 8.78 Å². The molecule has 192 valence electrons. The van der Waals surface area contributed by atoms with Crippen molar-refractivity contribution in [3.8, 4) is 11.5 Å². The van der Waals surface area contributed by atoms with E-state index in [2.05, 4.69) is 10.6 Å². The lowest BCUT2D eigenvalue weighted by Gasteiger charge is -2.25. The van der Waals surface area contributed by atoms with E-state index >= 15 is 8.78 Å². The molecule has 0 unspecified atom stereocenters. The van der Waals surface area contributed by atoms with Crippen molar-refractivity contribution < 1.29 is 28.6 Å². The summed E-state index contributed by atoms with van der Waals surface area (Å²) in [7, 11) is 0. The van der Waals surface area contributed by atoms with E-state index in [1.54, 1.807) is 50.2 Å². The number of carbonyl (C=O) groups is 2. The van der Waals surface area contributed by atoms with Gasteiger partial charge in [0.2, 0.25) is 11.6 Å². The van der Waals surface area contributed by atoms with E-state index < -0.39 is 68.3 Å². The van der Waals surface area contributed by atoms with Crippen molar-refractivity contribution in [2.75, 3.05) is 10.6 Å². The molecule has 4 aromatic rings. The van der Waals surface area contributed by atoms with Gasteiger partial charge in [0.15, 0.2) is 11.6 Å². The number of phenols is 2. The van der Waals surface area contributed by atoms with Crippen molar-refractivity contribution in [1.29, 1.82) is 0 Å². The third-order valence-corrected chi connectivity index (χ3v) is 7.02. The topological polar surface area (TPSA) is 98.7 Å². The van der Waals surface area contributed by atoms with Crippen LogP contribution in [0.15, 0.2) is 48.5 Å². The second-order valence-electron chi connectivity index (χ2n) is 8.75. The Bertz CT molecular complexity index is 1540. The number of carbonyl (C=O) groups excluding carboxylic acids is 2. The first-order valence-corrected chi connectivity index (χ1v) is 12.0. The van der Waals surface area contributed by atoms with Crippen LogP contribution in [-0.2, 0) is 0 Å². The Hall–Kier alpha value is -4.14. The van der Waals surface area contributed by atoms with Crippen LogP contribution in [-0.4, -0.2) is 21.8 Å². The first kappa shape index (κ1) is 25.5. The lowest BCUT2D eigenvalue weighted by atomic mass is 9.81. The van der Waals surface area contributed by atoms with Crippen LogP contribution < -0.4 is 10.6 Å². The maximum Gasteiger partial charge on any atom is 0.201 e. The number of halogens is 4. The molecule has 0 heterocycles. The normalized spacial score (nSPS) is 12.3. The van der Waals surface area contributed by atoms with Gasteiger partial charge in [-0.15, -0.1) is 0 Å². The van der Waals surface area contributed by atoms with Gasteiger partial charge < -0.3 is 20.8 Å². The highest BCUT2D eigenvalue weighted by Crippen LogP contribution is 2.46. The van der Waals surface area contributed by atoms with Gasteiger partial charge in [0.05, 0.1) is 43.7 Å². The molecule has 6 nitrogen and oxygen atoms in total. The number of phenolic OH excluding ortho intramolecular Hbond substituents is 2. The summed E-state index contributed by atoms with van der Waals surface area (Å²) in [6.07, 6.45) is 0. The molecule has 38 heavy (non-hydrogen) atoms. The molecular formula is C28H18Cl2F2N2O4. The van der Waals surface area contributed by atoms with Gasteiger partial charge in [-0.05, 0) is 49.2 Å². The number of nitrogens with one attached hydrogen (secondary N) is 2. The standard InChI is InChI=1S/C28H18Cl2F2N2O4/c1-11-5-3-7-13(29)23(11)33-25-21(31)19-20(22(32)26(25)34-24-12(2)6-4-8-14(24)30)28(38)18-16(36)10-9-15(35)17(18)27(19)37/h3-10,33-36H,1-2H3. The number of aromatic hydroxyl groups is 2. The number of benzene rings is 4. The molecule has 0 aromatic heterocycles. The van der Waals surface area contributed by atoms with E-state index in [-0.39, 0.29) is 21.4 Å². The Balaban J connectivity index is 1.84. The third kappa shape index (κ3) is 3.84. The van der Waals surface area contributed by atoms with Gasteiger partial charge in [-0.2, -0.15) is 0 Å². The van der Waals surface area contributed by atoms with E-state index in [1.807, 2.05) is 0 Å². The SMILES string of the molecule is Cc1cccc(Cl)c1Nc1c(F)c2c(c(F)c1Nc1c(C)cccc1Cl)C(=O)c1c(O)ccc(O)c1C2=O. The van der Waals surface area contributed by atoms with Gasteiger partial charge in [-0.3, -0.25) is 9.59 Å². The van der Waals surface area contributed by atoms with Crippen molar-refractivity contribution in [1.82, 2.24) is 0 Å². The molecule has 4 aromatic carbocycles. The minimum Gasteiger partial charge on any atom is -0.507 e. The van der Waals surface area contributed by atoms with Crippen LogP contribution in [0.1, 0.15) is 43.0 Å². The molecule has 4 N–H and O–H groups in total. The number of anilines is 4. The molecule has 1 aliphatic carbocycles. The van der Waals surface area contributed by atoms with Crippen molar-refractivity contribution in [3.63, 3.8) is 0 Å². The largest absolute Gasteiger partial charge is 0.507 e. The summed E-state index contributed by atoms with van der Waals surface area (Å²) in [5.74, 6) is -6.18. The Morgan fingerprint density at radius 1 is 0.605 bits per heavy atom. The molecule has 0 saturated heterocycles. The molecule has 0 atom stereocenters. The zero-order valence-electron chi connectivity index (χ0n) is 19.8. The highest BCUT2D eigenvalue weighted by atomic mass is 35.5. The van der Waals surface area contributed by atoms with E-state index in [0.29, 0.717) is 11.1 Å². The number of aryl methyl sites for hydroxylation is 2.